The highest BCUT2D eigenvalue weighted by atomic mass is 16.5. The van der Waals surface area contributed by atoms with Crippen molar-refractivity contribution in [2.45, 2.75) is 13.5 Å². The van der Waals surface area contributed by atoms with Gasteiger partial charge < -0.3 is 15.4 Å². The van der Waals surface area contributed by atoms with Crippen molar-refractivity contribution in [3.05, 3.63) is 65.7 Å². The first-order chi connectivity index (χ1) is 11.6. The molecule has 0 aliphatic carbocycles. The molecule has 0 bridgehead atoms. The van der Waals surface area contributed by atoms with E-state index in [4.69, 9.17) is 4.74 Å². The van der Waals surface area contributed by atoms with Gasteiger partial charge in [0.15, 0.2) is 0 Å². The number of carbonyl (C=O) groups is 3. The maximum atomic E-state index is 12.0. The van der Waals surface area contributed by atoms with Crippen molar-refractivity contribution in [2.75, 3.05) is 11.9 Å². The fourth-order valence-corrected chi connectivity index (χ4v) is 2.02. The number of ether oxygens (including phenoxy) is 1. The van der Waals surface area contributed by atoms with Crippen molar-refractivity contribution in [1.29, 1.82) is 0 Å². The SMILES string of the molecule is CCOC(=O)c1ccccc1NC(=O)C(=O)NCc1ccccc1. The van der Waals surface area contributed by atoms with Gasteiger partial charge in [0.25, 0.3) is 0 Å². The van der Waals surface area contributed by atoms with Crippen molar-refractivity contribution in [2.24, 2.45) is 0 Å². The molecule has 0 saturated carbocycles. The van der Waals surface area contributed by atoms with Crippen LogP contribution in [0.2, 0.25) is 0 Å². The van der Waals surface area contributed by atoms with E-state index in [1.165, 1.54) is 12.1 Å². The molecule has 6 nitrogen and oxygen atoms in total. The molecule has 0 aliphatic rings. The molecule has 2 N–H and O–H groups in total. The first-order valence-electron chi connectivity index (χ1n) is 7.51. The molecule has 0 aromatic heterocycles. The second-order valence-corrected chi connectivity index (χ2v) is 4.89. The molecular formula is C18H18N2O4. The van der Waals surface area contributed by atoms with Gasteiger partial charge in [-0.1, -0.05) is 42.5 Å². The second kappa shape index (κ2) is 8.47. The van der Waals surface area contributed by atoms with Crippen molar-refractivity contribution < 1.29 is 19.1 Å². The number of hydrogen-bond donors (Lipinski definition) is 2. The zero-order valence-electron chi connectivity index (χ0n) is 13.2. The summed E-state index contributed by atoms with van der Waals surface area (Å²) in [4.78, 5) is 35.7. The number of para-hydroxylation sites is 1. The molecule has 2 aromatic carbocycles. The van der Waals surface area contributed by atoms with Gasteiger partial charge in [-0.2, -0.15) is 0 Å². The molecule has 2 aromatic rings. The lowest BCUT2D eigenvalue weighted by Gasteiger charge is -2.10. The normalized spacial score (nSPS) is 9.88. The van der Waals surface area contributed by atoms with Crippen molar-refractivity contribution in [3.63, 3.8) is 0 Å². The molecule has 0 atom stereocenters. The molecule has 0 heterocycles. The Hall–Kier alpha value is -3.15. The molecule has 0 saturated heterocycles. The monoisotopic (exact) mass is 326 g/mol. The lowest BCUT2D eigenvalue weighted by molar-refractivity contribution is -0.136. The summed E-state index contributed by atoms with van der Waals surface area (Å²) in [5.74, 6) is -2.18. The van der Waals surface area contributed by atoms with Crippen LogP contribution in [0.15, 0.2) is 54.6 Å². The molecule has 0 fully saturated rings. The average Bonchev–Trinajstić information content (AvgIpc) is 2.61. The Kier molecular flexibility index (Phi) is 6.08. The Labute approximate surface area is 139 Å². The summed E-state index contributed by atoms with van der Waals surface area (Å²) in [5, 5.41) is 4.96. The van der Waals surface area contributed by atoms with Crippen LogP contribution < -0.4 is 10.6 Å². The minimum absolute atomic E-state index is 0.198. The number of amides is 2. The number of hydrogen-bond acceptors (Lipinski definition) is 4. The van der Waals surface area contributed by atoms with Crippen LogP contribution in [0, 0.1) is 0 Å². The molecule has 0 spiro atoms. The molecule has 2 amide bonds. The molecule has 6 heteroatoms. The van der Waals surface area contributed by atoms with Crippen LogP contribution in [0.1, 0.15) is 22.8 Å². The number of esters is 1. The number of carbonyl (C=O) groups excluding carboxylic acids is 3. The van der Waals surface area contributed by atoms with Gasteiger partial charge >= 0.3 is 17.8 Å². The summed E-state index contributed by atoms with van der Waals surface area (Å²) in [6, 6.07) is 15.6. The van der Waals surface area contributed by atoms with Crippen LogP contribution in [0.4, 0.5) is 5.69 Å². The lowest BCUT2D eigenvalue weighted by atomic mass is 10.2. The van der Waals surface area contributed by atoms with Gasteiger partial charge in [-0.3, -0.25) is 9.59 Å². The predicted octanol–water partition coefficient (Wildman–Crippen LogP) is 2.12. The molecule has 0 aliphatic heterocycles. The Balaban J connectivity index is 1.99. The van der Waals surface area contributed by atoms with Gasteiger partial charge in [0, 0.05) is 6.54 Å². The van der Waals surface area contributed by atoms with Gasteiger partial charge in [0.1, 0.15) is 0 Å². The third kappa shape index (κ3) is 4.67. The van der Waals surface area contributed by atoms with Gasteiger partial charge in [-0.15, -0.1) is 0 Å². The van der Waals surface area contributed by atoms with Gasteiger partial charge in [0.2, 0.25) is 0 Å². The van der Waals surface area contributed by atoms with Crippen LogP contribution in [-0.2, 0) is 20.9 Å². The van der Waals surface area contributed by atoms with Crippen LogP contribution in [0.25, 0.3) is 0 Å². The summed E-state index contributed by atoms with van der Waals surface area (Å²) in [6.07, 6.45) is 0. The topological polar surface area (TPSA) is 84.5 Å². The summed E-state index contributed by atoms with van der Waals surface area (Å²) >= 11 is 0. The largest absolute Gasteiger partial charge is 0.462 e. The second-order valence-electron chi connectivity index (χ2n) is 4.89. The van der Waals surface area contributed by atoms with Crippen LogP contribution in [0.3, 0.4) is 0 Å². The minimum atomic E-state index is -0.845. The maximum Gasteiger partial charge on any atom is 0.340 e. The number of anilines is 1. The minimum Gasteiger partial charge on any atom is -0.462 e. The van der Waals surface area contributed by atoms with Crippen molar-refractivity contribution in [1.82, 2.24) is 5.32 Å². The Morgan fingerprint density at radius 1 is 0.917 bits per heavy atom. The average molecular weight is 326 g/mol. The van der Waals surface area contributed by atoms with E-state index in [0.29, 0.717) is 0 Å². The number of rotatable bonds is 5. The summed E-state index contributed by atoms with van der Waals surface area (Å²) in [7, 11) is 0. The lowest BCUT2D eigenvalue weighted by Crippen LogP contribution is -2.35. The molecular weight excluding hydrogens is 308 g/mol. The maximum absolute atomic E-state index is 12.0. The molecule has 0 unspecified atom stereocenters. The fraction of sp³-hybridized carbons (Fsp3) is 0.167. The highest BCUT2D eigenvalue weighted by Crippen LogP contribution is 2.16. The molecule has 2 rings (SSSR count). The first-order valence-corrected chi connectivity index (χ1v) is 7.51. The van der Waals surface area contributed by atoms with E-state index in [9.17, 15) is 14.4 Å². The van der Waals surface area contributed by atoms with Gasteiger partial charge in [-0.05, 0) is 24.6 Å². The van der Waals surface area contributed by atoms with Gasteiger partial charge in [-0.25, -0.2) is 4.79 Å². The van der Waals surface area contributed by atoms with Crippen LogP contribution in [0.5, 0.6) is 0 Å². The van der Waals surface area contributed by atoms with Crippen molar-refractivity contribution >= 4 is 23.5 Å². The van der Waals surface area contributed by atoms with Crippen LogP contribution in [-0.4, -0.2) is 24.4 Å². The van der Waals surface area contributed by atoms with E-state index < -0.39 is 17.8 Å². The zero-order chi connectivity index (χ0) is 17.4. The quantitative estimate of drug-likeness (QED) is 0.651. The van der Waals surface area contributed by atoms with E-state index in [1.807, 2.05) is 30.3 Å². The number of benzene rings is 2. The van der Waals surface area contributed by atoms with E-state index >= 15 is 0 Å². The smallest absolute Gasteiger partial charge is 0.340 e. The third-order valence-electron chi connectivity index (χ3n) is 3.17. The first kappa shape index (κ1) is 17.2. The van der Waals surface area contributed by atoms with Gasteiger partial charge in [0.05, 0.1) is 17.9 Å². The molecule has 0 radical (unpaired) electrons. The Morgan fingerprint density at radius 2 is 1.58 bits per heavy atom. The Morgan fingerprint density at radius 3 is 2.29 bits per heavy atom. The number of nitrogens with one attached hydrogen (secondary N) is 2. The Bertz CT molecular complexity index is 729. The molecule has 124 valence electrons. The summed E-state index contributed by atoms with van der Waals surface area (Å²) in [6.45, 7) is 2.15. The summed E-state index contributed by atoms with van der Waals surface area (Å²) in [5.41, 5.74) is 1.31. The predicted molar refractivity (Wildman–Crippen MR) is 89.3 cm³/mol. The fourth-order valence-electron chi connectivity index (χ4n) is 2.02. The zero-order valence-corrected chi connectivity index (χ0v) is 13.2. The van der Waals surface area contributed by atoms with E-state index in [-0.39, 0.29) is 24.4 Å². The standard InChI is InChI=1S/C18H18N2O4/c1-2-24-18(23)14-10-6-7-11-15(14)20-17(22)16(21)19-12-13-8-4-3-5-9-13/h3-11H,2,12H2,1H3,(H,19,21)(H,20,22). The highest BCUT2D eigenvalue weighted by Gasteiger charge is 2.18. The summed E-state index contributed by atoms with van der Waals surface area (Å²) < 4.78 is 4.93. The third-order valence-corrected chi connectivity index (χ3v) is 3.17. The van der Waals surface area contributed by atoms with E-state index in [1.54, 1.807) is 19.1 Å². The van der Waals surface area contributed by atoms with Crippen molar-refractivity contribution in [3.8, 4) is 0 Å². The molecule has 24 heavy (non-hydrogen) atoms. The van der Waals surface area contributed by atoms with E-state index in [2.05, 4.69) is 10.6 Å². The van der Waals surface area contributed by atoms with E-state index in [0.717, 1.165) is 5.56 Å². The highest BCUT2D eigenvalue weighted by molar-refractivity contribution is 6.39. The van der Waals surface area contributed by atoms with Crippen LogP contribution >= 0.6 is 0 Å².